The summed E-state index contributed by atoms with van der Waals surface area (Å²) in [6.07, 6.45) is 1.89. The number of phenolic OH excluding ortho intramolecular Hbond substituents is 1. The Kier molecular flexibility index (Phi) is 8.48. The molecule has 130 valence electrons. The van der Waals surface area contributed by atoms with Gasteiger partial charge in [-0.05, 0) is 38.6 Å². The average molecular weight is 323 g/mol. The molecule has 1 N–H and O–H groups in total. The van der Waals surface area contributed by atoms with Gasteiger partial charge >= 0.3 is 5.97 Å². The molecular weight excluding hydrogens is 294 g/mol. The van der Waals surface area contributed by atoms with Gasteiger partial charge in [0.1, 0.15) is 23.7 Å². The smallest absolute Gasteiger partial charge is 0.341 e. The summed E-state index contributed by atoms with van der Waals surface area (Å²) in [6, 6.07) is 4.63. The van der Waals surface area contributed by atoms with Crippen molar-refractivity contribution in [1.82, 2.24) is 4.90 Å². The Hall–Kier alpha value is -1.75. The highest BCUT2D eigenvalue weighted by Gasteiger charge is 2.18. The molecule has 0 aliphatic rings. The molecule has 1 aromatic rings. The van der Waals surface area contributed by atoms with Crippen LogP contribution in [0.2, 0.25) is 0 Å². The average Bonchev–Trinajstić information content (AvgIpc) is 2.54. The van der Waals surface area contributed by atoms with Gasteiger partial charge in [0, 0.05) is 12.1 Å². The Morgan fingerprint density at radius 2 is 1.96 bits per heavy atom. The lowest BCUT2D eigenvalue weighted by Gasteiger charge is -2.25. The van der Waals surface area contributed by atoms with Crippen molar-refractivity contribution in [2.24, 2.45) is 0 Å². The first-order valence-corrected chi connectivity index (χ1v) is 8.40. The Bertz CT molecular complexity index is 486. The topological polar surface area (TPSA) is 59.0 Å². The van der Waals surface area contributed by atoms with Crippen molar-refractivity contribution in [2.45, 2.75) is 46.6 Å². The molecule has 1 atom stereocenters. The molecule has 0 saturated heterocycles. The highest BCUT2D eigenvalue weighted by Crippen LogP contribution is 2.25. The first kappa shape index (κ1) is 19.3. The lowest BCUT2D eigenvalue weighted by atomic mass is 10.2. The maximum Gasteiger partial charge on any atom is 0.341 e. The largest absolute Gasteiger partial charge is 0.508 e. The van der Waals surface area contributed by atoms with Crippen LogP contribution in [0.4, 0.5) is 0 Å². The second-order valence-corrected chi connectivity index (χ2v) is 5.55. The molecule has 5 heteroatoms. The van der Waals surface area contributed by atoms with Crippen LogP contribution in [-0.4, -0.2) is 48.3 Å². The van der Waals surface area contributed by atoms with Crippen LogP contribution in [-0.2, 0) is 4.74 Å². The predicted octanol–water partition coefficient (Wildman–Crippen LogP) is 3.46. The maximum atomic E-state index is 12.3. The van der Waals surface area contributed by atoms with Crippen LogP contribution in [0.3, 0.4) is 0 Å². The zero-order chi connectivity index (χ0) is 17.2. The van der Waals surface area contributed by atoms with Crippen molar-refractivity contribution >= 4 is 5.97 Å². The zero-order valence-electron chi connectivity index (χ0n) is 14.7. The number of likely N-dealkylation sites (N-methyl/N-ethyl adjacent to an activating group) is 1. The van der Waals surface area contributed by atoms with E-state index >= 15 is 0 Å². The number of hydrogen-bond donors (Lipinski definition) is 1. The molecule has 0 aliphatic heterocycles. The number of aromatic hydroxyl groups is 1. The van der Waals surface area contributed by atoms with E-state index in [0.29, 0.717) is 24.5 Å². The molecular formula is C18H29NO4. The number of nitrogens with zero attached hydrogens (tertiary/aromatic N) is 1. The Morgan fingerprint density at radius 3 is 2.57 bits per heavy atom. The van der Waals surface area contributed by atoms with E-state index in [4.69, 9.17) is 9.47 Å². The van der Waals surface area contributed by atoms with Crippen molar-refractivity contribution in [1.29, 1.82) is 0 Å². The summed E-state index contributed by atoms with van der Waals surface area (Å²) in [7, 11) is 0. The van der Waals surface area contributed by atoms with E-state index in [0.717, 1.165) is 25.9 Å². The zero-order valence-corrected chi connectivity index (χ0v) is 14.7. The van der Waals surface area contributed by atoms with E-state index in [1.165, 1.54) is 12.1 Å². The minimum Gasteiger partial charge on any atom is -0.508 e. The van der Waals surface area contributed by atoms with E-state index in [1.807, 2.05) is 6.92 Å². The summed E-state index contributed by atoms with van der Waals surface area (Å²) in [4.78, 5) is 14.5. The van der Waals surface area contributed by atoms with E-state index in [1.54, 1.807) is 6.07 Å². The number of rotatable bonds is 10. The summed E-state index contributed by atoms with van der Waals surface area (Å²) in [5.74, 6) is 0.0269. The number of unbranched alkanes of at least 4 members (excludes halogenated alkanes) is 1. The summed E-state index contributed by atoms with van der Waals surface area (Å²) in [5, 5.41) is 9.59. The quantitative estimate of drug-likeness (QED) is 0.528. The van der Waals surface area contributed by atoms with Gasteiger partial charge in [0.2, 0.25) is 0 Å². The molecule has 0 aliphatic carbocycles. The van der Waals surface area contributed by atoms with Crippen LogP contribution >= 0.6 is 0 Å². The van der Waals surface area contributed by atoms with Gasteiger partial charge in [-0.1, -0.05) is 27.2 Å². The molecule has 1 rings (SSSR count). The third-order valence-corrected chi connectivity index (χ3v) is 3.83. The molecule has 0 spiro atoms. The van der Waals surface area contributed by atoms with Crippen LogP contribution < -0.4 is 4.74 Å². The third kappa shape index (κ3) is 6.10. The molecule has 0 amide bonds. The first-order chi connectivity index (χ1) is 11.0. The molecule has 0 heterocycles. The van der Waals surface area contributed by atoms with Crippen LogP contribution in [0.15, 0.2) is 18.2 Å². The second kappa shape index (κ2) is 10.1. The first-order valence-electron chi connectivity index (χ1n) is 8.40. The fourth-order valence-electron chi connectivity index (χ4n) is 2.35. The highest BCUT2D eigenvalue weighted by molar-refractivity contribution is 5.92. The molecule has 0 radical (unpaired) electrons. The van der Waals surface area contributed by atoms with Crippen LogP contribution in [0.1, 0.15) is 50.9 Å². The van der Waals surface area contributed by atoms with Crippen LogP contribution in [0.5, 0.6) is 11.5 Å². The Morgan fingerprint density at radius 1 is 1.26 bits per heavy atom. The van der Waals surface area contributed by atoms with Gasteiger partial charge in [-0.15, -0.1) is 0 Å². The monoisotopic (exact) mass is 323 g/mol. The fraction of sp³-hybridized carbons (Fsp3) is 0.611. The molecule has 0 bridgehead atoms. The van der Waals surface area contributed by atoms with Crippen molar-refractivity contribution in [3.63, 3.8) is 0 Å². The minimum absolute atomic E-state index is 0.0737. The van der Waals surface area contributed by atoms with E-state index in [2.05, 4.69) is 25.7 Å². The van der Waals surface area contributed by atoms with E-state index in [9.17, 15) is 9.90 Å². The summed E-state index contributed by atoms with van der Waals surface area (Å²) in [5.41, 5.74) is 0.352. The van der Waals surface area contributed by atoms with Gasteiger partial charge in [-0.2, -0.15) is 0 Å². The number of phenols is 1. The van der Waals surface area contributed by atoms with Gasteiger partial charge < -0.3 is 14.6 Å². The standard InChI is InChI=1S/C18H29NO4/c1-5-8-11-22-17-12-15(20)9-10-16(17)18(21)23-13-14(4)19(6-2)7-3/h9-10,12,14,20H,5-8,11,13H2,1-4H3/t14-/m0/s1. The van der Waals surface area contributed by atoms with Crippen molar-refractivity contribution in [3.8, 4) is 11.5 Å². The number of ether oxygens (including phenoxy) is 2. The number of hydrogen-bond acceptors (Lipinski definition) is 5. The normalized spacial score (nSPS) is 12.2. The van der Waals surface area contributed by atoms with E-state index in [-0.39, 0.29) is 11.8 Å². The van der Waals surface area contributed by atoms with Crippen molar-refractivity contribution < 1.29 is 19.4 Å². The molecule has 23 heavy (non-hydrogen) atoms. The fourth-order valence-corrected chi connectivity index (χ4v) is 2.35. The molecule has 0 fully saturated rings. The highest BCUT2D eigenvalue weighted by atomic mass is 16.5. The summed E-state index contributed by atoms with van der Waals surface area (Å²) >= 11 is 0. The molecule has 1 aromatic carbocycles. The molecule has 0 unspecified atom stereocenters. The predicted molar refractivity (Wildman–Crippen MR) is 91.2 cm³/mol. The number of carbonyl (C=O) groups excluding carboxylic acids is 1. The number of benzene rings is 1. The van der Waals surface area contributed by atoms with Gasteiger partial charge in [-0.3, -0.25) is 4.90 Å². The maximum absolute atomic E-state index is 12.3. The van der Waals surface area contributed by atoms with Crippen LogP contribution in [0.25, 0.3) is 0 Å². The van der Waals surface area contributed by atoms with Gasteiger partial charge in [-0.25, -0.2) is 4.79 Å². The summed E-state index contributed by atoms with van der Waals surface area (Å²) in [6.45, 7) is 10.9. The summed E-state index contributed by atoms with van der Waals surface area (Å²) < 4.78 is 11.0. The molecule has 0 saturated carbocycles. The molecule has 0 aromatic heterocycles. The van der Waals surface area contributed by atoms with E-state index < -0.39 is 5.97 Å². The lowest BCUT2D eigenvalue weighted by Crippen LogP contribution is -2.36. The van der Waals surface area contributed by atoms with Gasteiger partial charge in [0.15, 0.2) is 0 Å². The van der Waals surface area contributed by atoms with Gasteiger partial charge in [0.25, 0.3) is 0 Å². The van der Waals surface area contributed by atoms with Gasteiger partial charge in [0.05, 0.1) is 6.61 Å². The number of carbonyl (C=O) groups is 1. The van der Waals surface area contributed by atoms with Crippen molar-refractivity contribution in [2.75, 3.05) is 26.3 Å². The lowest BCUT2D eigenvalue weighted by molar-refractivity contribution is 0.0377. The van der Waals surface area contributed by atoms with Crippen molar-refractivity contribution in [3.05, 3.63) is 23.8 Å². The third-order valence-electron chi connectivity index (χ3n) is 3.83. The van der Waals surface area contributed by atoms with Crippen LogP contribution in [0, 0.1) is 0 Å². The minimum atomic E-state index is -0.421. The second-order valence-electron chi connectivity index (χ2n) is 5.55. The number of esters is 1. The molecule has 5 nitrogen and oxygen atoms in total. The Labute approximate surface area is 139 Å². The SMILES string of the molecule is CCCCOc1cc(O)ccc1C(=O)OC[C@H](C)N(CC)CC. The Balaban J connectivity index is 2.71.